The second-order valence-electron chi connectivity index (χ2n) is 9.67. The molecule has 2 spiro atoms. The van der Waals surface area contributed by atoms with Crippen molar-refractivity contribution in [2.45, 2.75) is 62.2 Å². The first-order valence-electron chi connectivity index (χ1n) is 10.9. The predicted octanol–water partition coefficient (Wildman–Crippen LogP) is 3.72. The lowest BCUT2D eigenvalue weighted by Gasteiger charge is -2.71. The van der Waals surface area contributed by atoms with Crippen molar-refractivity contribution in [2.75, 3.05) is 27.8 Å². The Kier molecular flexibility index (Phi) is 3.31. The number of hydrogen-bond donors (Lipinski definition) is 0. The van der Waals surface area contributed by atoms with Crippen molar-refractivity contribution in [3.8, 4) is 11.5 Å². The Morgan fingerprint density at radius 3 is 2.86 bits per heavy atom. The fourth-order valence-electron chi connectivity index (χ4n) is 8.03. The largest absolute Gasteiger partial charge is 0.493 e. The molecule has 1 saturated carbocycles. The standard InChI is InChI=1S/C24H31NO3/c1-5-6-16-14-22-9-10-24(16,27-4)21-23(22)11-12-25(2)18(22)13-15-7-8-17(26-3)20(28-21)19(15)23/h7-10,16,18,21H,5-6,11-14H2,1-4H3/t16-,18+,21+,22+,23-,24+/m0/s1. The van der Waals surface area contributed by atoms with Gasteiger partial charge in [-0.15, -0.1) is 0 Å². The van der Waals surface area contributed by atoms with E-state index in [9.17, 15) is 0 Å². The molecule has 2 fully saturated rings. The van der Waals surface area contributed by atoms with Gasteiger partial charge in [-0.05, 0) is 56.8 Å². The molecule has 4 heteroatoms. The van der Waals surface area contributed by atoms with Gasteiger partial charge in [-0.1, -0.05) is 31.6 Å². The zero-order chi connectivity index (χ0) is 19.3. The maximum absolute atomic E-state index is 6.92. The number of ether oxygens (including phenoxy) is 3. The molecular weight excluding hydrogens is 350 g/mol. The molecule has 4 nitrogen and oxygen atoms in total. The molecule has 0 amide bonds. The van der Waals surface area contributed by atoms with E-state index in [4.69, 9.17) is 14.2 Å². The Morgan fingerprint density at radius 2 is 2.11 bits per heavy atom. The average molecular weight is 382 g/mol. The molecule has 1 aromatic rings. The van der Waals surface area contributed by atoms with E-state index in [0.29, 0.717) is 12.0 Å². The number of methoxy groups -OCH3 is 2. The van der Waals surface area contributed by atoms with Crippen molar-refractivity contribution in [3.63, 3.8) is 0 Å². The van der Waals surface area contributed by atoms with E-state index >= 15 is 0 Å². The highest BCUT2D eigenvalue weighted by Crippen LogP contribution is 2.74. The molecule has 7 rings (SSSR count). The summed E-state index contributed by atoms with van der Waals surface area (Å²) in [5, 5.41) is 0. The van der Waals surface area contributed by atoms with E-state index in [0.717, 1.165) is 30.9 Å². The minimum atomic E-state index is -0.336. The number of piperidine rings is 1. The number of likely N-dealkylation sites (N-methyl/N-ethyl adjacent to an activating group) is 1. The van der Waals surface area contributed by atoms with E-state index in [1.54, 1.807) is 7.11 Å². The molecule has 1 saturated heterocycles. The Labute approximate surface area is 167 Å². The smallest absolute Gasteiger partial charge is 0.166 e. The lowest BCUT2D eigenvalue weighted by Crippen LogP contribution is -2.78. The van der Waals surface area contributed by atoms with E-state index < -0.39 is 0 Å². The SMILES string of the molecule is CCC[C@H]1C[C@@]23C=C[C@]1(OC)[C@@H]1Oc4c(OC)ccc5c4[C@@]12CCN(C)[C@@H]3C5. The van der Waals surface area contributed by atoms with Crippen LogP contribution in [0, 0.1) is 11.3 Å². The van der Waals surface area contributed by atoms with Gasteiger partial charge in [0.05, 0.1) is 12.5 Å². The van der Waals surface area contributed by atoms with Gasteiger partial charge in [0.15, 0.2) is 11.5 Å². The maximum Gasteiger partial charge on any atom is 0.166 e. The summed E-state index contributed by atoms with van der Waals surface area (Å²) >= 11 is 0. The normalized spacial score (nSPS) is 44.4. The summed E-state index contributed by atoms with van der Waals surface area (Å²) in [5.41, 5.74) is 2.71. The summed E-state index contributed by atoms with van der Waals surface area (Å²) in [6.07, 6.45) is 10.8. The summed E-state index contributed by atoms with van der Waals surface area (Å²) in [4.78, 5) is 2.62. The van der Waals surface area contributed by atoms with Crippen LogP contribution in [-0.4, -0.2) is 50.5 Å². The van der Waals surface area contributed by atoms with Gasteiger partial charge in [-0.25, -0.2) is 0 Å². The number of benzene rings is 1. The lowest BCUT2D eigenvalue weighted by atomic mass is 9.37. The van der Waals surface area contributed by atoms with Gasteiger partial charge in [0.25, 0.3) is 0 Å². The first-order chi connectivity index (χ1) is 13.6. The lowest BCUT2D eigenvalue weighted by molar-refractivity contribution is -0.215. The molecule has 0 unspecified atom stereocenters. The van der Waals surface area contributed by atoms with E-state index in [1.807, 2.05) is 7.11 Å². The van der Waals surface area contributed by atoms with Crippen molar-refractivity contribution >= 4 is 0 Å². The molecule has 4 bridgehead atoms. The fourth-order valence-corrected chi connectivity index (χ4v) is 8.03. The van der Waals surface area contributed by atoms with Gasteiger partial charge in [-0.3, -0.25) is 0 Å². The summed E-state index contributed by atoms with van der Waals surface area (Å²) in [5.74, 6) is 2.38. The highest BCUT2D eigenvalue weighted by molar-refractivity contribution is 5.65. The van der Waals surface area contributed by atoms with Crippen LogP contribution in [0.25, 0.3) is 0 Å². The Hall–Kier alpha value is -1.52. The molecule has 6 aliphatic rings. The molecule has 0 N–H and O–H groups in total. The summed E-state index contributed by atoms with van der Waals surface area (Å²) in [6.45, 7) is 3.41. The number of nitrogens with zero attached hydrogens (tertiary/aromatic N) is 1. The van der Waals surface area contributed by atoms with E-state index in [1.165, 1.54) is 30.4 Å². The predicted molar refractivity (Wildman–Crippen MR) is 108 cm³/mol. The van der Waals surface area contributed by atoms with Crippen molar-refractivity contribution in [1.29, 1.82) is 0 Å². The van der Waals surface area contributed by atoms with Crippen LogP contribution in [0.4, 0.5) is 0 Å². The molecule has 1 aromatic carbocycles. The topological polar surface area (TPSA) is 30.9 Å². The van der Waals surface area contributed by atoms with Gasteiger partial charge in [0, 0.05) is 24.1 Å². The van der Waals surface area contributed by atoms with Crippen molar-refractivity contribution in [1.82, 2.24) is 4.90 Å². The number of likely N-dealkylation sites (tertiary alicyclic amines) is 1. The van der Waals surface area contributed by atoms with Crippen LogP contribution < -0.4 is 9.47 Å². The Morgan fingerprint density at radius 1 is 1.25 bits per heavy atom. The van der Waals surface area contributed by atoms with Gasteiger partial charge in [0.2, 0.25) is 0 Å². The monoisotopic (exact) mass is 381 g/mol. The van der Waals surface area contributed by atoms with Crippen LogP contribution >= 0.6 is 0 Å². The van der Waals surface area contributed by atoms with Crippen LogP contribution in [0.3, 0.4) is 0 Å². The summed E-state index contributed by atoms with van der Waals surface area (Å²) < 4.78 is 19.1. The van der Waals surface area contributed by atoms with Crippen LogP contribution in [0.2, 0.25) is 0 Å². The number of fused-ring (bicyclic) bond motifs is 1. The third kappa shape index (κ3) is 1.58. The average Bonchev–Trinajstić information content (AvgIpc) is 3.08. The minimum absolute atomic E-state index is 0.0106. The number of hydrogen-bond acceptors (Lipinski definition) is 4. The molecule has 0 aromatic heterocycles. The van der Waals surface area contributed by atoms with Gasteiger partial charge < -0.3 is 19.1 Å². The minimum Gasteiger partial charge on any atom is -0.493 e. The van der Waals surface area contributed by atoms with Crippen LogP contribution in [0.15, 0.2) is 24.3 Å². The van der Waals surface area contributed by atoms with Crippen LogP contribution in [0.5, 0.6) is 11.5 Å². The van der Waals surface area contributed by atoms with Crippen LogP contribution in [0.1, 0.15) is 43.7 Å². The van der Waals surface area contributed by atoms with Crippen molar-refractivity contribution < 1.29 is 14.2 Å². The molecular formula is C24H31NO3. The second kappa shape index (κ2) is 5.34. The quantitative estimate of drug-likeness (QED) is 0.744. The van der Waals surface area contributed by atoms with Gasteiger partial charge >= 0.3 is 0 Å². The second-order valence-corrected chi connectivity index (χ2v) is 9.67. The van der Waals surface area contributed by atoms with E-state index in [-0.39, 0.29) is 22.5 Å². The van der Waals surface area contributed by atoms with E-state index in [2.05, 4.69) is 43.2 Å². The van der Waals surface area contributed by atoms with Gasteiger partial charge in [0.1, 0.15) is 11.7 Å². The zero-order valence-corrected chi connectivity index (χ0v) is 17.5. The molecule has 2 aliphatic heterocycles. The Bertz CT molecular complexity index is 881. The maximum atomic E-state index is 6.92. The zero-order valence-electron chi connectivity index (χ0n) is 17.5. The Balaban J connectivity index is 1.68. The first kappa shape index (κ1) is 17.3. The van der Waals surface area contributed by atoms with Crippen molar-refractivity contribution in [3.05, 3.63) is 35.4 Å². The third-order valence-electron chi connectivity index (χ3n) is 9.05. The van der Waals surface area contributed by atoms with Crippen LogP contribution in [-0.2, 0) is 16.6 Å². The molecule has 150 valence electrons. The summed E-state index contributed by atoms with van der Waals surface area (Å²) in [7, 11) is 5.97. The molecule has 6 atom stereocenters. The first-order valence-corrected chi connectivity index (χ1v) is 10.9. The highest BCUT2D eigenvalue weighted by atomic mass is 16.6. The highest BCUT2D eigenvalue weighted by Gasteiger charge is 2.78. The number of rotatable bonds is 4. The molecule has 4 aliphatic carbocycles. The fraction of sp³-hybridized carbons (Fsp3) is 0.667. The molecule has 2 heterocycles. The molecule has 28 heavy (non-hydrogen) atoms. The summed E-state index contributed by atoms with van der Waals surface area (Å²) in [6, 6.07) is 4.93. The third-order valence-corrected chi connectivity index (χ3v) is 9.05. The van der Waals surface area contributed by atoms with Gasteiger partial charge in [-0.2, -0.15) is 0 Å². The molecule has 0 radical (unpaired) electrons. The van der Waals surface area contributed by atoms with Crippen molar-refractivity contribution in [2.24, 2.45) is 11.3 Å².